The molecular formula is C23H18N2O5. The van der Waals surface area contributed by atoms with Crippen molar-refractivity contribution in [1.82, 2.24) is 9.78 Å². The van der Waals surface area contributed by atoms with Gasteiger partial charge >= 0.3 is 5.97 Å². The predicted octanol–water partition coefficient (Wildman–Crippen LogP) is 3.64. The molecule has 0 spiro atoms. The SMILES string of the molecule is COc1cc2c(c3oc(-c4ccccc4)cc(=O)c13)[C@@H](c1cnn(C)c1)CC(=O)O2. The summed E-state index contributed by atoms with van der Waals surface area (Å²) < 4.78 is 18.9. The average Bonchev–Trinajstić information content (AvgIpc) is 3.18. The molecule has 0 radical (unpaired) electrons. The Morgan fingerprint density at radius 3 is 2.67 bits per heavy atom. The number of aryl methyl sites for hydroxylation is 1. The average molecular weight is 402 g/mol. The lowest BCUT2D eigenvalue weighted by molar-refractivity contribution is -0.135. The molecule has 0 amide bonds. The zero-order chi connectivity index (χ0) is 20.8. The predicted molar refractivity (Wildman–Crippen MR) is 110 cm³/mol. The van der Waals surface area contributed by atoms with E-state index in [1.54, 1.807) is 16.9 Å². The smallest absolute Gasteiger partial charge is 0.312 e. The summed E-state index contributed by atoms with van der Waals surface area (Å²) in [4.78, 5) is 25.4. The van der Waals surface area contributed by atoms with Crippen molar-refractivity contribution in [2.45, 2.75) is 12.3 Å². The summed E-state index contributed by atoms with van der Waals surface area (Å²) in [5.41, 5.74) is 2.40. The second-order valence-electron chi connectivity index (χ2n) is 7.21. The van der Waals surface area contributed by atoms with Crippen LogP contribution in [-0.2, 0) is 11.8 Å². The first-order valence-corrected chi connectivity index (χ1v) is 9.48. The van der Waals surface area contributed by atoms with Crippen LogP contribution in [-0.4, -0.2) is 22.9 Å². The lowest BCUT2D eigenvalue weighted by Gasteiger charge is -2.25. The van der Waals surface area contributed by atoms with E-state index in [0.717, 1.165) is 11.1 Å². The van der Waals surface area contributed by atoms with Gasteiger partial charge in [0.05, 0.1) is 19.7 Å². The molecule has 7 heteroatoms. The number of benzene rings is 2. The van der Waals surface area contributed by atoms with E-state index in [0.29, 0.717) is 33.8 Å². The molecular weight excluding hydrogens is 384 g/mol. The fourth-order valence-corrected chi connectivity index (χ4v) is 3.96. The zero-order valence-electron chi connectivity index (χ0n) is 16.4. The van der Waals surface area contributed by atoms with Gasteiger partial charge in [0.25, 0.3) is 0 Å². The molecule has 1 atom stereocenters. The molecule has 4 aromatic rings. The number of carbonyl (C=O) groups excluding carboxylic acids is 1. The van der Waals surface area contributed by atoms with Gasteiger partial charge in [0.1, 0.15) is 28.2 Å². The highest BCUT2D eigenvalue weighted by Gasteiger charge is 2.34. The summed E-state index contributed by atoms with van der Waals surface area (Å²) in [7, 11) is 3.28. The standard InChI is InChI=1S/C23H18N2O5/c1-25-12-14(11-24-25)15-8-20(27)29-19-10-18(28-2)22-16(26)9-17(30-23(22)21(15)19)13-6-4-3-5-7-13/h3-7,9-12,15H,8H2,1-2H3/t15-/m1/s1. The van der Waals surface area contributed by atoms with E-state index in [1.165, 1.54) is 13.2 Å². The van der Waals surface area contributed by atoms with Gasteiger partial charge in [-0.25, -0.2) is 0 Å². The van der Waals surface area contributed by atoms with Gasteiger partial charge in [-0.1, -0.05) is 30.3 Å². The molecule has 1 aliphatic rings. The number of esters is 1. The van der Waals surface area contributed by atoms with Crippen LogP contribution in [0.1, 0.15) is 23.5 Å². The number of nitrogens with zero attached hydrogens (tertiary/aromatic N) is 2. The topological polar surface area (TPSA) is 83.6 Å². The Hall–Kier alpha value is -3.87. The van der Waals surface area contributed by atoms with Crippen LogP contribution >= 0.6 is 0 Å². The molecule has 5 rings (SSSR count). The molecule has 1 aliphatic heterocycles. The van der Waals surface area contributed by atoms with Crippen LogP contribution in [0.3, 0.4) is 0 Å². The van der Waals surface area contributed by atoms with Crippen molar-refractivity contribution in [3.63, 3.8) is 0 Å². The van der Waals surface area contributed by atoms with Crippen LogP contribution < -0.4 is 14.9 Å². The number of methoxy groups -OCH3 is 1. The van der Waals surface area contributed by atoms with E-state index in [4.69, 9.17) is 13.9 Å². The summed E-state index contributed by atoms with van der Waals surface area (Å²) in [5, 5.41) is 4.56. The number of hydrogen-bond donors (Lipinski definition) is 0. The Morgan fingerprint density at radius 1 is 1.17 bits per heavy atom. The van der Waals surface area contributed by atoms with Crippen LogP contribution in [0, 0.1) is 0 Å². The van der Waals surface area contributed by atoms with Crippen molar-refractivity contribution in [1.29, 1.82) is 0 Å². The molecule has 0 saturated carbocycles. The number of rotatable bonds is 3. The number of aromatic nitrogens is 2. The Labute approximate surface area is 171 Å². The van der Waals surface area contributed by atoms with E-state index in [9.17, 15) is 9.59 Å². The molecule has 0 unspecified atom stereocenters. The largest absolute Gasteiger partial charge is 0.496 e. The lowest BCUT2D eigenvalue weighted by Crippen LogP contribution is -2.22. The molecule has 30 heavy (non-hydrogen) atoms. The molecule has 7 nitrogen and oxygen atoms in total. The Balaban J connectivity index is 1.86. The van der Waals surface area contributed by atoms with Crippen LogP contribution in [0.15, 0.2) is 64.1 Å². The monoisotopic (exact) mass is 402 g/mol. The number of ether oxygens (including phenoxy) is 2. The summed E-state index contributed by atoms with van der Waals surface area (Å²) >= 11 is 0. The number of carbonyl (C=O) groups is 1. The highest BCUT2D eigenvalue weighted by Crippen LogP contribution is 2.46. The van der Waals surface area contributed by atoms with Crippen LogP contribution in [0.25, 0.3) is 22.3 Å². The Morgan fingerprint density at radius 2 is 1.97 bits per heavy atom. The van der Waals surface area contributed by atoms with Crippen molar-refractivity contribution in [3.8, 4) is 22.8 Å². The maximum Gasteiger partial charge on any atom is 0.312 e. The fourth-order valence-electron chi connectivity index (χ4n) is 3.96. The van der Waals surface area contributed by atoms with E-state index < -0.39 is 0 Å². The van der Waals surface area contributed by atoms with E-state index in [2.05, 4.69) is 5.10 Å². The molecule has 0 fully saturated rings. The first-order valence-electron chi connectivity index (χ1n) is 9.48. The maximum absolute atomic E-state index is 13.1. The minimum absolute atomic E-state index is 0.124. The van der Waals surface area contributed by atoms with Crippen LogP contribution in [0.2, 0.25) is 0 Å². The molecule has 0 N–H and O–H groups in total. The van der Waals surface area contributed by atoms with Crippen LogP contribution in [0.4, 0.5) is 0 Å². The van der Waals surface area contributed by atoms with Gasteiger partial charge < -0.3 is 13.9 Å². The first-order chi connectivity index (χ1) is 14.5. The van der Waals surface area contributed by atoms with Crippen LogP contribution in [0.5, 0.6) is 11.5 Å². The second-order valence-corrected chi connectivity index (χ2v) is 7.21. The molecule has 2 aromatic carbocycles. The van der Waals surface area contributed by atoms with Crippen molar-refractivity contribution >= 4 is 16.9 Å². The van der Waals surface area contributed by atoms with Gasteiger partial charge in [0, 0.05) is 42.4 Å². The highest BCUT2D eigenvalue weighted by atomic mass is 16.5. The van der Waals surface area contributed by atoms with Gasteiger partial charge in [0.2, 0.25) is 0 Å². The third kappa shape index (κ3) is 2.86. The van der Waals surface area contributed by atoms with Crippen molar-refractivity contribution in [3.05, 3.63) is 76.2 Å². The molecule has 150 valence electrons. The lowest BCUT2D eigenvalue weighted by atomic mass is 9.86. The van der Waals surface area contributed by atoms with Gasteiger partial charge in [-0.2, -0.15) is 5.10 Å². The third-order valence-electron chi connectivity index (χ3n) is 5.31. The quantitative estimate of drug-likeness (QED) is 0.384. The molecule has 2 aromatic heterocycles. The summed E-state index contributed by atoms with van der Waals surface area (Å²) in [6, 6.07) is 12.4. The fraction of sp³-hybridized carbons (Fsp3) is 0.174. The van der Waals surface area contributed by atoms with E-state index in [1.807, 2.05) is 43.6 Å². The number of fused-ring (bicyclic) bond motifs is 3. The Kier molecular flexibility index (Phi) is 4.17. The van der Waals surface area contributed by atoms with E-state index >= 15 is 0 Å². The minimum atomic E-state index is -0.362. The van der Waals surface area contributed by atoms with Gasteiger partial charge in [0.15, 0.2) is 5.43 Å². The Bertz CT molecular complexity index is 1340. The second kappa shape index (κ2) is 6.88. The number of hydrogen-bond acceptors (Lipinski definition) is 6. The van der Waals surface area contributed by atoms with Gasteiger partial charge in [-0.15, -0.1) is 0 Å². The van der Waals surface area contributed by atoms with Crippen molar-refractivity contribution in [2.24, 2.45) is 7.05 Å². The molecule has 3 heterocycles. The normalized spacial score (nSPS) is 15.7. The van der Waals surface area contributed by atoms with Gasteiger partial charge in [-0.05, 0) is 5.56 Å². The molecule has 0 aliphatic carbocycles. The van der Waals surface area contributed by atoms with Gasteiger partial charge in [-0.3, -0.25) is 14.3 Å². The summed E-state index contributed by atoms with van der Waals surface area (Å²) in [6.07, 6.45) is 3.68. The molecule has 0 bridgehead atoms. The highest BCUT2D eigenvalue weighted by molar-refractivity contribution is 5.93. The summed E-state index contributed by atoms with van der Waals surface area (Å²) in [6.45, 7) is 0. The third-order valence-corrected chi connectivity index (χ3v) is 5.31. The maximum atomic E-state index is 13.1. The zero-order valence-corrected chi connectivity index (χ0v) is 16.4. The molecule has 0 saturated heterocycles. The van der Waals surface area contributed by atoms with E-state index in [-0.39, 0.29) is 23.7 Å². The van der Waals surface area contributed by atoms with Crippen molar-refractivity contribution < 1.29 is 18.7 Å². The summed E-state index contributed by atoms with van der Waals surface area (Å²) in [5.74, 6) is 0.358. The van der Waals surface area contributed by atoms with Crippen molar-refractivity contribution in [2.75, 3.05) is 7.11 Å². The first kappa shape index (κ1) is 18.2. The minimum Gasteiger partial charge on any atom is -0.496 e.